The topological polar surface area (TPSA) is 125 Å². The zero-order valence-corrected chi connectivity index (χ0v) is 23.3. The van der Waals surface area contributed by atoms with Gasteiger partial charge in [-0.3, -0.25) is 15.0 Å². The maximum absolute atomic E-state index is 13.6. The van der Waals surface area contributed by atoms with Crippen molar-refractivity contribution in [2.75, 3.05) is 29.9 Å². The summed E-state index contributed by atoms with van der Waals surface area (Å²) in [5.74, 6) is -0.837. The van der Waals surface area contributed by atoms with Gasteiger partial charge in [0.15, 0.2) is 11.7 Å². The van der Waals surface area contributed by atoms with E-state index in [1.807, 2.05) is 78.9 Å². The van der Waals surface area contributed by atoms with Gasteiger partial charge in [0.2, 0.25) is 0 Å². The van der Waals surface area contributed by atoms with Crippen molar-refractivity contribution in [3.8, 4) is 0 Å². The number of ether oxygens (including phenoxy) is 1. The molecule has 1 aliphatic rings. The van der Waals surface area contributed by atoms with Crippen molar-refractivity contribution in [1.82, 2.24) is 4.90 Å². The van der Waals surface area contributed by atoms with Gasteiger partial charge in [-0.15, -0.1) is 0 Å². The lowest BCUT2D eigenvalue weighted by atomic mass is 9.96. The van der Waals surface area contributed by atoms with Gasteiger partial charge in [-0.1, -0.05) is 66.7 Å². The predicted molar refractivity (Wildman–Crippen MR) is 162 cm³/mol. The van der Waals surface area contributed by atoms with Gasteiger partial charge < -0.3 is 30.0 Å². The molecule has 4 N–H and O–H groups in total. The van der Waals surface area contributed by atoms with E-state index in [1.165, 1.54) is 6.26 Å². The minimum absolute atomic E-state index is 0.0911. The molecule has 4 aromatic rings. The molecule has 9 nitrogen and oxygen atoms in total. The number of carbonyl (C=O) groups excluding carboxylic acids is 2. The normalized spacial score (nSPS) is 14.6. The fourth-order valence-electron chi connectivity index (χ4n) is 5.35. The first-order valence-corrected chi connectivity index (χ1v) is 14.0. The average Bonchev–Trinajstić information content (AvgIpc) is 3.56. The van der Waals surface area contributed by atoms with Crippen molar-refractivity contribution in [3.05, 3.63) is 120 Å². The van der Waals surface area contributed by atoms with E-state index in [-0.39, 0.29) is 36.2 Å². The molecule has 3 aromatic carbocycles. The van der Waals surface area contributed by atoms with Gasteiger partial charge in [-0.25, -0.2) is 0 Å². The van der Waals surface area contributed by atoms with Crippen LogP contribution in [0.1, 0.15) is 40.4 Å². The zero-order valence-electron chi connectivity index (χ0n) is 23.3. The van der Waals surface area contributed by atoms with Gasteiger partial charge in [-0.05, 0) is 54.3 Å². The van der Waals surface area contributed by atoms with Crippen LogP contribution in [0, 0.1) is 5.41 Å². The van der Waals surface area contributed by atoms with Crippen molar-refractivity contribution in [1.29, 1.82) is 5.41 Å². The van der Waals surface area contributed by atoms with Crippen molar-refractivity contribution >= 4 is 29.2 Å². The number of amides is 1. The van der Waals surface area contributed by atoms with Crippen molar-refractivity contribution < 1.29 is 18.7 Å². The number of furan rings is 1. The summed E-state index contributed by atoms with van der Waals surface area (Å²) >= 11 is 0. The third-order valence-electron chi connectivity index (χ3n) is 7.43. The molecular weight excluding hydrogens is 530 g/mol. The zero-order chi connectivity index (χ0) is 29.3. The number of guanidine groups is 1. The lowest BCUT2D eigenvalue weighted by Gasteiger charge is -2.39. The predicted octanol–water partition coefficient (Wildman–Crippen LogP) is 5.22. The molecule has 9 heteroatoms. The monoisotopic (exact) mass is 565 g/mol. The first kappa shape index (κ1) is 28.6. The van der Waals surface area contributed by atoms with E-state index < -0.39 is 5.92 Å². The summed E-state index contributed by atoms with van der Waals surface area (Å²) in [7, 11) is 0. The molecule has 0 radical (unpaired) electrons. The Bertz CT molecular complexity index is 1470. The van der Waals surface area contributed by atoms with Crippen LogP contribution >= 0.6 is 0 Å². The average molecular weight is 566 g/mol. The van der Waals surface area contributed by atoms with Gasteiger partial charge in [0.05, 0.1) is 12.2 Å². The first-order chi connectivity index (χ1) is 20.5. The standard InChI is InChI=1S/C33H35N5O4/c34-33(35)36-26-13-7-14-28(21-26)38(31(39)30-15-8-20-41-30)27-16-18-37(19-17-27)22-29(25-11-5-2-6-12-25)32(40)42-23-24-9-3-1-4-10-24/h1-15,20-21,27,29H,16-19,22-23H2,(H4,34,35,36). The van der Waals surface area contributed by atoms with Crippen molar-refractivity contribution in [2.24, 2.45) is 5.73 Å². The molecule has 2 heterocycles. The molecule has 1 aliphatic heterocycles. The minimum Gasteiger partial charge on any atom is -0.460 e. The van der Waals surface area contributed by atoms with Gasteiger partial charge in [0.1, 0.15) is 6.61 Å². The molecule has 1 atom stereocenters. The van der Waals surface area contributed by atoms with E-state index in [2.05, 4.69) is 10.2 Å². The van der Waals surface area contributed by atoms with Crippen LogP contribution in [-0.2, 0) is 16.1 Å². The Morgan fingerprint density at radius 3 is 2.36 bits per heavy atom. The molecule has 0 spiro atoms. The van der Waals surface area contributed by atoms with Gasteiger partial charge in [0.25, 0.3) is 5.91 Å². The number of esters is 1. The number of rotatable bonds is 10. The molecule has 216 valence electrons. The highest BCUT2D eigenvalue weighted by Crippen LogP contribution is 2.29. The molecule has 1 unspecified atom stereocenters. The van der Waals surface area contributed by atoms with Crippen molar-refractivity contribution in [2.45, 2.75) is 31.4 Å². The van der Waals surface area contributed by atoms with E-state index in [0.29, 0.717) is 43.9 Å². The van der Waals surface area contributed by atoms with Gasteiger partial charge in [-0.2, -0.15) is 0 Å². The number of nitrogens with two attached hydrogens (primary N) is 1. The van der Waals surface area contributed by atoms with E-state index in [0.717, 1.165) is 11.1 Å². The lowest BCUT2D eigenvalue weighted by molar-refractivity contribution is -0.147. The van der Waals surface area contributed by atoms with Crippen LogP contribution < -0.4 is 16.0 Å². The summed E-state index contributed by atoms with van der Waals surface area (Å²) in [4.78, 5) is 31.0. The third-order valence-corrected chi connectivity index (χ3v) is 7.43. The van der Waals surface area contributed by atoms with Crippen LogP contribution in [0.15, 0.2) is 108 Å². The molecule has 1 amide bonds. The Morgan fingerprint density at radius 1 is 0.976 bits per heavy atom. The van der Waals surface area contributed by atoms with Crippen LogP contribution in [0.25, 0.3) is 0 Å². The van der Waals surface area contributed by atoms with E-state index in [4.69, 9.17) is 20.3 Å². The van der Waals surface area contributed by atoms with Crippen LogP contribution in [0.4, 0.5) is 11.4 Å². The molecule has 0 saturated carbocycles. The summed E-state index contributed by atoms with van der Waals surface area (Å²) in [6.45, 7) is 2.15. The fraction of sp³-hybridized carbons (Fsp3) is 0.242. The smallest absolute Gasteiger partial charge is 0.315 e. The Balaban J connectivity index is 1.30. The maximum Gasteiger partial charge on any atom is 0.315 e. The highest BCUT2D eigenvalue weighted by Gasteiger charge is 2.33. The second kappa shape index (κ2) is 13.6. The van der Waals surface area contributed by atoms with Gasteiger partial charge >= 0.3 is 5.97 Å². The number of piperidine rings is 1. The Labute approximate surface area is 245 Å². The number of hydrogen-bond donors (Lipinski definition) is 3. The molecule has 0 bridgehead atoms. The largest absolute Gasteiger partial charge is 0.460 e. The number of hydrogen-bond acceptors (Lipinski definition) is 6. The Kier molecular flexibility index (Phi) is 9.30. The fourth-order valence-corrected chi connectivity index (χ4v) is 5.35. The van der Waals surface area contributed by atoms with Crippen LogP contribution in [0.2, 0.25) is 0 Å². The summed E-state index contributed by atoms with van der Waals surface area (Å²) < 4.78 is 11.2. The number of benzene rings is 3. The Hall–Kier alpha value is -4.89. The molecule has 0 aliphatic carbocycles. The number of likely N-dealkylation sites (tertiary alicyclic amines) is 1. The van der Waals surface area contributed by atoms with Crippen LogP contribution in [0.5, 0.6) is 0 Å². The lowest BCUT2D eigenvalue weighted by Crippen LogP contribution is -2.48. The first-order valence-electron chi connectivity index (χ1n) is 14.0. The molecule has 1 aromatic heterocycles. The third kappa shape index (κ3) is 7.24. The SMILES string of the molecule is N=C(N)Nc1cccc(N(C(=O)c2ccco2)C2CCN(CC(C(=O)OCc3ccccc3)c3ccccc3)CC2)c1. The second-order valence-electron chi connectivity index (χ2n) is 10.3. The molecule has 42 heavy (non-hydrogen) atoms. The molecule has 5 rings (SSSR count). The number of nitrogens with one attached hydrogen (secondary N) is 2. The van der Waals surface area contributed by atoms with E-state index in [9.17, 15) is 9.59 Å². The number of carbonyl (C=O) groups is 2. The maximum atomic E-state index is 13.6. The molecule has 1 fully saturated rings. The van der Waals surface area contributed by atoms with E-state index in [1.54, 1.807) is 23.1 Å². The Morgan fingerprint density at radius 2 is 1.69 bits per heavy atom. The summed E-state index contributed by atoms with van der Waals surface area (Å²) in [5.41, 5.74) is 8.71. The number of nitrogens with zero attached hydrogens (tertiary/aromatic N) is 2. The van der Waals surface area contributed by atoms with Gasteiger partial charge in [0, 0.05) is 37.1 Å². The molecular formula is C33H35N5O4. The quantitative estimate of drug-likeness (QED) is 0.137. The van der Waals surface area contributed by atoms with Crippen LogP contribution in [0.3, 0.4) is 0 Å². The summed E-state index contributed by atoms with van der Waals surface area (Å²) in [6, 6.07) is 30.0. The van der Waals surface area contributed by atoms with E-state index >= 15 is 0 Å². The second-order valence-corrected chi connectivity index (χ2v) is 10.3. The van der Waals surface area contributed by atoms with Crippen molar-refractivity contribution in [3.63, 3.8) is 0 Å². The number of anilines is 2. The highest BCUT2D eigenvalue weighted by atomic mass is 16.5. The highest BCUT2D eigenvalue weighted by molar-refractivity contribution is 6.05. The summed E-state index contributed by atoms with van der Waals surface area (Å²) in [5, 5.41) is 10.4. The minimum atomic E-state index is -0.429. The summed E-state index contributed by atoms with van der Waals surface area (Å²) in [6.07, 6.45) is 2.90. The van der Waals surface area contributed by atoms with Crippen LogP contribution in [-0.4, -0.2) is 48.4 Å². The molecule has 1 saturated heterocycles.